The molecule has 0 bridgehead atoms. The quantitative estimate of drug-likeness (QED) is 0.725. The fourth-order valence-electron chi connectivity index (χ4n) is 2.69. The highest BCUT2D eigenvalue weighted by Gasteiger charge is 2.24. The summed E-state index contributed by atoms with van der Waals surface area (Å²) in [4.78, 5) is 2.48. The summed E-state index contributed by atoms with van der Waals surface area (Å²) < 4.78 is 0. The van der Waals surface area contributed by atoms with Crippen LogP contribution in [0.4, 0.5) is 0 Å². The van der Waals surface area contributed by atoms with Gasteiger partial charge in [0.05, 0.1) is 11.5 Å². The van der Waals surface area contributed by atoms with Gasteiger partial charge in [-0.25, -0.2) is 0 Å². The molecular formula is C15H28N2. The molecular weight excluding hydrogens is 208 g/mol. The van der Waals surface area contributed by atoms with Gasteiger partial charge in [0.25, 0.3) is 0 Å². The molecule has 0 aromatic heterocycles. The normalized spacial score (nSPS) is 25.9. The van der Waals surface area contributed by atoms with Crippen molar-refractivity contribution >= 4 is 0 Å². The van der Waals surface area contributed by atoms with Crippen LogP contribution in [-0.2, 0) is 0 Å². The third kappa shape index (κ3) is 4.68. The van der Waals surface area contributed by atoms with Gasteiger partial charge in [-0.3, -0.25) is 0 Å². The predicted octanol–water partition coefficient (Wildman–Crippen LogP) is 3.83. The number of nitriles is 1. The van der Waals surface area contributed by atoms with Crippen LogP contribution in [0.3, 0.4) is 0 Å². The van der Waals surface area contributed by atoms with E-state index in [-0.39, 0.29) is 5.41 Å². The molecule has 0 radical (unpaired) electrons. The van der Waals surface area contributed by atoms with E-state index < -0.39 is 0 Å². The Bertz CT molecular complexity index is 257. The lowest BCUT2D eigenvalue weighted by Crippen LogP contribution is -2.37. The van der Waals surface area contributed by atoms with Gasteiger partial charge in [-0.2, -0.15) is 5.26 Å². The van der Waals surface area contributed by atoms with Crippen molar-refractivity contribution in [3.05, 3.63) is 0 Å². The van der Waals surface area contributed by atoms with Crippen molar-refractivity contribution in [3.63, 3.8) is 0 Å². The molecule has 17 heavy (non-hydrogen) atoms. The molecule has 1 rings (SSSR count). The lowest BCUT2D eigenvalue weighted by molar-refractivity contribution is 0.152. The maximum Gasteiger partial charge on any atom is 0.0684 e. The molecule has 2 heteroatoms. The molecule has 1 saturated carbocycles. The van der Waals surface area contributed by atoms with Crippen molar-refractivity contribution in [2.24, 2.45) is 11.3 Å². The Morgan fingerprint density at radius 1 is 1.24 bits per heavy atom. The minimum Gasteiger partial charge on any atom is -0.303 e. The maximum absolute atomic E-state index is 9.02. The van der Waals surface area contributed by atoms with Crippen molar-refractivity contribution in [2.45, 2.75) is 65.3 Å². The Kier molecular flexibility index (Phi) is 5.46. The minimum absolute atomic E-state index is 0.172. The monoisotopic (exact) mass is 236 g/mol. The van der Waals surface area contributed by atoms with Gasteiger partial charge in [0.1, 0.15) is 0 Å². The molecule has 0 aromatic carbocycles. The van der Waals surface area contributed by atoms with E-state index in [4.69, 9.17) is 5.26 Å². The van der Waals surface area contributed by atoms with Crippen LogP contribution in [0.2, 0.25) is 0 Å². The highest BCUT2D eigenvalue weighted by atomic mass is 15.1. The fraction of sp³-hybridized carbons (Fsp3) is 0.933. The van der Waals surface area contributed by atoms with E-state index in [9.17, 15) is 0 Å². The van der Waals surface area contributed by atoms with Crippen molar-refractivity contribution in [1.82, 2.24) is 4.90 Å². The SMILES string of the molecule is CCC1CCC(N(C)CCC(C)(C)C#N)CC1. The zero-order valence-electron chi connectivity index (χ0n) is 12.0. The highest BCUT2D eigenvalue weighted by molar-refractivity contribution is 4.92. The lowest BCUT2D eigenvalue weighted by Gasteiger charge is -2.35. The van der Waals surface area contributed by atoms with Crippen molar-refractivity contribution in [2.75, 3.05) is 13.6 Å². The number of hydrogen-bond acceptors (Lipinski definition) is 2. The molecule has 1 fully saturated rings. The molecule has 0 heterocycles. The topological polar surface area (TPSA) is 27.0 Å². The molecule has 0 spiro atoms. The first-order chi connectivity index (χ1) is 7.98. The van der Waals surface area contributed by atoms with Crippen LogP contribution in [0, 0.1) is 22.7 Å². The van der Waals surface area contributed by atoms with Crippen molar-refractivity contribution in [3.8, 4) is 6.07 Å². The molecule has 0 N–H and O–H groups in total. The summed E-state index contributed by atoms with van der Waals surface area (Å²) in [6.07, 6.45) is 7.82. The fourth-order valence-corrected chi connectivity index (χ4v) is 2.69. The number of hydrogen-bond donors (Lipinski definition) is 0. The van der Waals surface area contributed by atoms with E-state index in [0.717, 1.165) is 24.9 Å². The molecule has 1 aliphatic carbocycles. The minimum atomic E-state index is -0.172. The Morgan fingerprint density at radius 2 is 1.82 bits per heavy atom. The number of rotatable bonds is 5. The molecule has 0 unspecified atom stereocenters. The summed E-state index contributed by atoms with van der Waals surface area (Å²) in [5.74, 6) is 0.968. The average Bonchev–Trinajstić information content (AvgIpc) is 2.36. The second kappa shape index (κ2) is 6.40. The Balaban J connectivity index is 2.30. The summed E-state index contributed by atoms with van der Waals surface area (Å²) in [6.45, 7) is 7.44. The molecule has 0 aromatic rings. The van der Waals surface area contributed by atoms with Crippen LogP contribution in [0.25, 0.3) is 0 Å². The molecule has 0 atom stereocenters. The van der Waals surface area contributed by atoms with E-state index in [0.29, 0.717) is 0 Å². The molecule has 2 nitrogen and oxygen atoms in total. The molecule has 0 saturated heterocycles. The van der Waals surface area contributed by atoms with Gasteiger partial charge in [-0.1, -0.05) is 13.3 Å². The summed E-state index contributed by atoms with van der Waals surface area (Å²) in [7, 11) is 2.23. The Labute approximate surface area is 107 Å². The van der Waals surface area contributed by atoms with Gasteiger partial charge in [-0.15, -0.1) is 0 Å². The first-order valence-electron chi connectivity index (χ1n) is 7.10. The smallest absolute Gasteiger partial charge is 0.0684 e. The lowest BCUT2D eigenvalue weighted by atomic mass is 9.83. The van der Waals surface area contributed by atoms with E-state index in [2.05, 4.69) is 24.9 Å². The highest BCUT2D eigenvalue weighted by Crippen LogP contribution is 2.29. The first kappa shape index (κ1) is 14.5. The average molecular weight is 236 g/mol. The third-order valence-electron chi connectivity index (χ3n) is 4.41. The van der Waals surface area contributed by atoms with Gasteiger partial charge >= 0.3 is 0 Å². The van der Waals surface area contributed by atoms with Crippen molar-refractivity contribution < 1.29 is 0 Å². The Hall–Kier alpha value is -0.550. The van der Waals surface area contributed by atoms with Gasteiger partial charge in [0, 0.05) is 6.04 Å². The van der Waals surface area contributed by atoms with Gasteiger partial charge in [0.15, 0.2) is 0 Å². The van der Waals surface area contributed by atoms with Crippen LogP contribution in [0.1, 0.15) is 59.3 Å². The first-order valence-corrected chi connectivity index (χ1v) is 7.10. The summed E-state index contributed by atoms with van der Waals surface area (Å²) >= 11 is 0. The van der Waals surface area contributed by atoms with E-state index in [1.807, 2.05) is 13.8 Å². The molecule has 1 aliphatic rings. The van der Waals surface area contributed by atoms with Crippen LogP contribution in [0.15, 0.2) is 0 Å². The Morgan fingerprint density at radius 3 is 2.29 bits per heavy atom. The molecule has 98 valence electrons. The van der Waals surface area contributed by atoms with E-state index in [1.54, 1.807) is 0 Å². The summed E-state index contributed by atoms with van der Waals surface area (Å²) in [5, 5.41) is 9.02. The largest absolute Gasteiger partial charge is 0.303 e. The molecule has 0 aliphatic heterocycles. The van der Waals surface area contributed by atoms with Crippen LogP contribution >= 0.6 is 0 Å². The van der Waals surface area contributed by atoms with Crippen LogP contribution in [0.5, 0.6) is 0 Å². The molecule has 0 amide bonds. The van der Waals surface area contributed by atoms with E-state index in [1.165, 1.54) is 32.1 Å². The van der Waals surface area contributed by atoms with Gasteiger partial charge in [-0.05, 0) is 65.5 Å². The number of nitrogens with zero attached hydrogens (tertiary/aromatic N) is 2. The van der Waals surface area contributed by atoms with Crippen LogP contribution in [-0.4, -0.2) is 24.5 Å². The second-order valence-corrected chi connectivity index (χ2v) is 6.31. The standard InChI is InChI=1S/C15H28N2/c1-5-13-6-8-14(9-7-13)17(4)11-10-15(2,3)12-16/h13-14H,5-11H2,1-4H3. The van der Waals surface area contributed by atoms with Crippen molar-refractivity contribution in [1.29, 1.82) is 5.26 Å². The van der Waals surface area contributed by atoms with Crippen LogP contribution < -0.4 is 0 Å². The third-order valence-corrected chi connectivity index (χ3v) is 4.41. The zero-order chi connectivity index (χ0) is 12.9. The van der Waals surface area contributed by atoms with E-state index >= 15 is 0 Å². The summed E-state index contributed by atoms with van der Waals surface area (Å²) in [5.41, 5.74) is -0.172. The summed E-state index contributed by atoms with van der Waals surface area (Å²) in [6, 6.07) is 3.15. The predicted molar refractivity (Wildman–Crippen MR) is 72.7 cm³/mol. The second-order valence-electron chi connectivity index (χ2n) is 6.31. The zero-order valence-corrected chi connectivity index (χ0v) is 12.0. The van der Waals surface area contributed by atoms with Gasteiger partial charge < -0.3 is 4.90 Å². The van der Waals surface area contributed by atoms with Gasteiger partial charge in [0.2, 0.25) is 0 Å². The maximum atomic E-state index is 9.02.